The first kappa shape index (κ1) is 18.9. The lowest BCUT2D eigenvalue weighted by Crippen LogP contribution is -2.11. The third-order valence-electron chi connectivity index (χ3n) is 3.59. The van der Waals surface area contributed by atoms with Crippen LogP contribution in [0.2, 0.25) is 0 Å². The molecule has 4 nitrogen and oxygen atoms in total. The molecular weight excluding hydrogens is 264 g/mol. The Bertz CT molecular complexity index is 301. The van der Waals surface area contributed by atoms with E-state index in [2.05, 4.69) is 18.0 Å². The summed E-state index contributed by atoms with van der Waals surface area (Å²) in [5.74, 6) is 1.03. The molecule has 19 heavy (non-hydrogen) atoms. The third-order valence-corrected chi connectivity index (χ3v) is 4.02. The highest BCUT2D eigenvalue weighted by Crippen LogP contribution is 2.20. The molecule has 0 amide bonds. The van der Waals surface area contributed by atoms with Gasteiger partial charge in [0.15, 0.2) is 0 Å². The molecule has 5 heteroatoms. The second-order valence-electron chi connectivity index (χ2n) is 5.52. The van der Waals surface area contributed by atoms with Crippen molar-refractivity contribution in [2.75, 3.05) is 6.61 Å². The summed E-state index contributed by atoms with van der Waals surface area (Å²) in [4.78, 5) is 0. The molecule has 0 rings (SSSR count). The van der Waals surface area contributed by atoms with E-state index in [1.54, 1.807) is 0 Å². The predicted molar refractivity (Wildman–Crippen MR) is 78.4 cm³/mol. The van der Waals surface area contributed by atoms with Gasteiger partial charge in [0, 0.05) is 0 Å². The summed E-state index contributed by atoms with van der Waals surface area (Å²) < 4.78 is 33.7. The third kappa shape index (κ3) is 12.6. The molecule has 0 saturated carbocycles. The first-order valence-corrected chi connectivity index (χ1v) is 8.87. The lowest BCUT2D eigenvalue weighted by Gasteiger charge is -2.14. The van der Waals surface area contributed by atoms with Crippen LogP contribution in [0.15, 0.2) is 0 Å². The van der Waals surface area contributed by atoms with E-state index in [-0.39, 0.29) is 12.5 Å². The Hall–Kier alpha value is -0.130. The summed E-state index contributed by atoms with van der Waals surface area (Å²) in [6, 6.07) is 0. The van der Waals surface area contributed by atoms with Crippen LogP contribution in [0, 0.1) is 11.8 Å². The van der Waals surface area contributed by atoms with Gasteiger partial charge in [-0.25, -0.2) is 4.18 Å². The lowest BCUT2D eigenvalue weighted by atomic mass is 9.93. The van der Waals surface area contributed by atoms with Gasteiger partial charge >= 0.3 is 10.4 Å². The van der Waals surface area contributed by atoms with Crippen LogP contribution in [0.1, 0.15) is 72.1 Å². The first-order valence-electron chi connectivity index (χ1n) is 7.50. The molecule has 0 fully saturated rings. The Morgan fingerprint density at radius 1 is 1.05 bits per heavy atom. The van der Waals surface area contributed by atoms with Crippen molar-refractivity contribution in [1.29, 1.82) is 0 Å². The average molecular weight is 294 g/mol. The molecule has 0 aromatic rings. The zero-order valence-corrected chi connectivity index (χ0v) is 13.4. The van der Waals surface area contributed by atoms with Crippen LogP contribution in [0.4, 0.5) is 0 Å². The molecule has 0 aromatic heterocycles. The molecule has 0 saturated heterocycles. The van der Waals surface area contributed by atoms with Crippen molar-refractivity contribution in [3.63, 3.8) is 0 Å². The number of hydrogen-bond donors (Lipinski definition) is 1. The van der Waals surface area contributed by atoms with Gasteiger partial charge in [0.2, 0.25) is 0 Å². The fourth-order valence-corrected chi connectivity index (χ4v) is 2.75. The maximum atomic E-state index is 10.4. The Kier molecular flexibility index (Phi) is 10.6. The average Bonchev–Trinajstić information content (AvgIpc) is 2.33. The van der Waals surface area contributed by atoms with Crippen LogP contribution in [-0.4, -0.2) is 19.6 Å². The van der Waals surface area contributed by atoms with E-state index < -0.39 is 10.4 Å². The summed E-state index contributed by atoms with van der Waals surface area (Å²) in [5.41, 5.74) is 0. The zero-order chi connectivity index (χ0) is 14.7. The van der Waals surface area contributed by atoms with Crippen molar-refractivity contribution in [3.8, 4) is 0 Å². The number of hydrogen-bond acceptors (Lipinski definition) is 3. The van der Waals surface area contributed by atoms with Gasteiger partial charge in [-0.3, -0.25) is 4.55 Å². The molecule has 0 spiro atoms. The second-order valence-corrected chi connectivity index (χ2v) is 6.61. The standard InChI is InChI=1S/C14H30O4S/c1-4-9-14(5-2)11-8-6-7-10-13(3)12-18-19(15,16)17/h13-14H,4-12H2,1-3H3,(H,15,16,17). The monoisotopic (exact) mass is 294 g/mol. The summed E-state index contributed by atoms with van der Waals surface area (Å²) in [6.45, 7) is 6.51. The Labute approximate surface area is 118 Å². The maximum Gasteiger partial charge on any atom is 0.397 e. The van der Waals surface area contributed by atoms with E-state index in [0.717, 1.165) is 18.8 Å². The second kappa shape index (κ2) is 10.6. The lowest BCUT2D eigenvalue weighted by molar-refractivity contribution is 0.222. The molecule has 1 N–H and O–H groups in total. The largest absolute Gasteiger partial charge is 0.397 e. The fourth-order valence-electron chi connectivity index (χ4n) is 2.35. The van der Waals surface area contributed by atoms with Crippen LogP contribution in [0.25, 0.3) is 0 Å². The van der Waals surface area contributed by atoms with Gasteiger partial charge in [0.05, 0.1) is 6.61 Å². The van der Waals surface area contributed by atoms with Crippen molar-refractivity contribution >= 4 is 10.4 Å². The van der Waals surface area contributed by atoms with Crippen LogP contribution in [-0.2, 0) is 14.6 Å². The molecular formula is C14H30O4S. The smallest absolute Gasteiger partial charge is 0.264 e. The van der Waals surface area contributed by atoms with Gasteiger partial charge in [-0.1, -0.05) is 65.7 Å². The molecule has 2 atom stereocenters. The summed E-state index contributed by atoms with van der Waals surface area (Å²) in [7, 11) is -4.28. The van der Waals surface area contributed by atoms with E-state index in [1.807, 2.05) is 6.92 Å². The Morgan fingerprint density at radius 3 is 2.21 bits per heavy atom. The van der Waals surface area contributed by atoms with Crippen molar-refractivity contribution in [2.24, 2.45) is 11.8 Å². The summed E-state index contributed by atoms with van der Waals surface area (Å²) in [5, 5.41) is 0. The molecule has 2 unspecified atom stereocenters. The molecule has 0 aliphatic rings. The molecule has 0 heterocycles. The van der Waals surface area contributed by atoms with E-state index in [4.69, 9.17) is 4.55 Å². The Balaban J connectivity index is 3.52. The van der Waals surface area contributed by atoms with Gasteiger partial charge in [-0.2, -0.15) is 8.42 Å². The van der Waals surface area contributed by atoms with Crippen molar-refractivity contribution in [1.82, 2.24) is 0 Å². The van der Waals surface area contributed by atoms with Gasteiger partial charge in [-0.15, -0.1) is 0 Å². The first-order chi connectivity index (χ1) is 8.89. The minimum atomic E-state index is -4.28. The highest BCUT2D eigenvalue weighted by molar-refractivity contribution is 7.80. The molecule has 116 valence electrons. The quantitative estimate of drug-likeness (QED) is 0.432. The summed E-state index contributed by atoms with van der Waals surface area (Å²) >= 11 is 0. The number of unbranched alkanes of at least 4 members (excludes halogenated alkanes) is 2. The van der Waals surface area contributed by atoms with Crippen molar-refractivity contribution < 1.29 is 17.2 Å². The highest BCUT2D eigenvalue weighted by atomic mass is 32.3. The Morgan fingerprint density at radius 2 is 1.68 bits per heavy atom. The maximum absolute atomic E-state index is 10.4. The molecule has 0 bridgehead atoms. The van der Waals surface area contributed by atoms with Gasteiger partial charge < -0.3 is 0 Å². The topological polar surface area (TPSA) is 63.6 Å². The number of rotatable bonds is 12. The fraction of sp³-hybridized carbons (Fsp3) is 1.00. The van der Waals surface area contributed by atoms with E-state index >= 15 is 0 Å². The molecule has 0 radical (unpaired) electrons. The predicted octanol–water partition coefficient (Wildman–Crippen LogP) is 4.22. The highest BCUT2D eigenvalue weighted by Gasteiger charge is 2.09. The van der Waals surface area contributed by atoms with Gasteiger partial charge in [0.1, 0.15) is 0 Å². The van der Waals surface area contributed by atoms with E-state index in [9.17, 15) is 8.42 Å². The summed E-state index contributed by atoms with van der Waals surface area (Å²) in [6.07, 6.45) is 9.66. The van der Waals surface area contributed by atoms with Crippen LogP contribution >= 0.6 is 0 Å². The van der Waals surface area contributed by atoms with Gasteiger partial charge in [-0.05, 0) is 18.3 Å². The minimum absolute atomic E-state index is 0.0756. The van der Waals surface area contributed by atoms with Crippen LogP contribution in [0.3, 0.4) is 0 Å². The van der Waals surface area contributed by atoms with Crippen LogP contribution in [0.5, 0.6) is 0 Å². The van der Waals surface area contributed by atoms with Gasteiger partial charge in [0.25, 0.3) is 0 Å². The zero-order valence-electron chi connectivity index (χ0n) is 12.6. The normalized spacial score (nSPS) is 15.4. The van der Waals surface area contributed by atoms with Crippen LogP contribution < -0.4 is 0 Å². The SMILES string of the molecule is CCCC(CC)CCCCCC(C)COS(=O)(=O)O. The van der Waals surface area contributed by atoms with Crippen molar-refractivity contribution in [3.05, 3.63) is 0 Å². The van der Waals surface area contributed by atoms with E-state index in [1.165, 1.54) is 38.5 Å². The molecule has 0 aliphatic heterocycles. The minimum Gasteiger partial charge on any atom is -0.264 e. The molecule has 0 aromatic carbocycles. The van der Waals surface area contributed by atoms with E-state index in [0.29, 0.717) is 0 Å². The molecule has 0 aliphatic carbocycles. The van der Waals surface area contributed by atoms with Crippen molar-refractivity contribution in [2.45, 2.75) is 72.1 Å².